The lowest BCUT2D eigenvalue weighted by atomic mass is 10.1. The number of hydrogen-bond acceptors (Lipinski definition) is 3. The molecule has 0 radical (unpaired) electrons. The predicted octanol–water partition coefficient (Wildman–Crippen LogP) is 4.82. The second-order valence-corrected chi connectivity index (χ2v) is 4.65. The van der Waals surface area contributed by atoms with E-state index in [0.717, 1.165) is 12.1 Å². The van der Waals surface area contributed by atoms with E-state index in [1.165, 1.54) is 0 Å². The van der Waals surface area contributed by atoms with Crippen LogP contribution in [0.3, 0.4) is 0 Å². The summed E-state index contributed by atoms with van der Waals surface area (Å²) in [5, 5.41) is 0. The Labute approximate surface area is 116 Å². The number of nitrogens with zero attached hydrogens (tertiary/aromatic N) is 2. The second kappa shape index (κ2) is 5.42. The number of hydrogen-bond donors (Lipinski definition) is 0. The second-order valence-electron chi connectivity index (χ2n) is 4.65. The average Bonchev–Trinajstić information content (AvgIpc) is 2.83. The van der Waals surface area contributed by atoms with Crippen molar-refractivity contribution in [3.8, 4) is 11.6 Å². The molecule has 114 valence electrons. The van der Waals surface area contributed by atoms with Gasteiger partial charge in [-0.25, -0.2) is 13.8 Å². The molecule has 2 heterocycles. The van der Waals surface area contributed by atoms with Gasteiger partial charge in [0.15, 0.2) is 0 Å². The van der Waals surface area contributed by atoms with Crippen LogP contribution in [0, 0.1) is 0 Å². The first-order chi connectivity index (χ1) is 9.70. The minimum atomic E-state index is -4.51. The molecule has 2 aromatic rings. The van der Waals surface area contributed by atoms with Gasteiger partial charge in [0, 0.05) is 12.1 Å². The van der Waals surface area contributed by atoms with Gasteiger partial charge in [0.2, 0.25) is 5.89 Å². The van der Waals surface area contributed by atoms with Crippen molar-refractivity contribution >= 4 is 0 Å². The number of aromatic nitrogens is 2. The van der Waals surface area contributed by atoms with Crippen molar-refractivity contribution < 1.29 is 26.4 Å². The van der Waals surface area contributed by atoms with E-state index < -0.39 is 23.9 Å². The fourth-order valence-electron chi connectivity index (χ4n) is 1.71. The van der Waals surface area contributed by atoms with Crippen LogP contribution in [0.5, 0.6) is 0 Å². The Morgan fingerprint density at radius 2 is 1.81 bits per heavy atom. The molecule has 0 aliphatic carbocycles. The minimum Gasteiger partial charge on any atom is -0.439 e. The van der Waals surface area contributed by atoms with Gasteiger partial charge in [-0.15, -0.1) is 0 Å². The van der Waals surface area contributed by atoms with Gasteiger partial charge in [-0.3, -0.25) is 4.98 Å². The Morgan fingerprint density at radius 1 is 1.14 bits per heavy atom. The first kappa shape index (κ1) is 15.4. The molecular formula is C13H11F5N2O. The van der Waals surface area contributed by atoms with E-state index in [1.807, 2.05) is 0 Å². The molecule has 0 N–H and O–H groups in total. The highest BCUT2D eigenvalue weighted by atomic mass is 19.4. The maximum Gasteiger partial charge on any atom is 0.417 e. The van der Waals surface area contributed by atoms with E-state index in [4.69, 9.17) is 4.42 Å². The molecule has 21 heavy (non-hydrogen) atoms. The van der Waals surface area contributed by atoms with Crippen molar-refractivity contribution in [2.45, 2.75) is 32.4 Å². The molecule has 0 atom stereocenters. The highest BCUT2D eigenvalue weighted by Crippen LogP contribution is 2.33. The van der Waals surface area contributed by atoms with Crippen molar-refractivity contribution in [3.63, 3.8) is 0 Å². The number of oxazole rings is 1. The summed E-state index contributed by atoms with van der Waals surface area (Å²) in [5.74, 6) is -0.547. The molecule has 0 aliphatic heterocycles. The Kier molecular flexibility index (Phi) is 3.97. The standard InChI is InChI=1S/C13H11F5N2O/c1-6(2)10-9(11(14)15)20-12(21-10)8-4-3-7(5-19-8)13(16,17)18/h3-6,11H,1-2H3. The summed E-state index contributed by atoms with van der Waals surface area (Å²) in [6.07, 6.45) is -6.73. The molecule has 0 bridgehead atoms. The molecule has 3 nitrogen and oxygen atoms in total. The van der Waals surface area contributed by atoms with Gasteiger partial charge in [0.1, 0.15) is 17.1 Å². The van der Waals surface area contributed by atoms with Gasteiger partial charge < -0.3 is 4.42 Å². The molecule has 0 aromatic carbocycles. The highest BCUT2D eigenvalue weighted by Gasteiger charge is 2.31. The van der Waals surface area contributed by atoms with Crippen LogP contribution in [0.15, 0.2) is 22.7 Å². The average molecular weight is 306 g/mol. The van der Waals surface area contributed by atoms with Gasteiger partial charge in [-0.05, 0) is 12.1 Å². The maximum atomic E-state index is 12.8. The number of pyridine rings is 1. The number of halogens is 5. The van der Waals surface area contributed by atoms with Gasteiger partial charge in [-0.2, -0.15) is 13.2 Å². The molecule has 0 unspecified atom stereocenters. The van der Waals surface area contributed by atoms with Gasteiger partial charge in [0.25, 0.3) is 6.43 Å². The van der Waals surface area contributed by atoms with Crippen molar-refractivity contribution in [1.82, 2.24) is 9.97 Å². The summed E-state index contributed by atoms with van der Waals surface area (Å²) in [4.78, 5) is 7.20. The molecule has 0 fully saturated rings. The molecule has 8 heteroatoms. The summed E-state index contributed by atoms with van der Waals surface area (Å²) in [7, 11) is 0. The zero-order valence-electron chi connectivity index (χ0n) is 11.1. The van der Waals surface area contributed by atoms with Crippen LogP contribution in [0.2, 0.25) is 0 Å². The third kappa shape index (κ3) is 3.20. The topological polar surface area (TPSA) is 38.9 Å². The maximum absolute atomic E-state index is 12.8. The van der Waals surface area contributed by atoms with Crippen LogP contribution < -0.4 is 0 Å². The third-order valence-corrected chi connectivity index (χ3v) is 2.72. The molecule has 0 amide bonds. The SMILES string of the molecule is CC(C)c1oc(-c2ccc(C(F)(F)F)cn2)nc1C(F)F. The molecular weight excluding hydrogens is 295 g/mol. The Hall–Kier alpha value is -1.99. The number of alkyl halides is 5. The van der Waals surface area contributed by atoms with Crippen molar-refractivity contribution in [2.24, 2.45) is 0 Å². The molecule has 2 rings (SSSR count). The lowest BCUT2D eigenvalue weighted by Gasteiger charge is -2.05. The number of rotatable bonds is 3. The van der Waals surface area contributed by atoms with Crippen LogP contribution in [0.25, 0.3) is 11.6 Å². The fourth-order valence-corrected chi connectivity index (χ4v) is 1.71. The lowest BCUT2D eigenvalue weighted by Crippen LogP contribution is -2.05. The quantitative estimate of drug-likeness (QED) is 0.763. The van der Waals surface area contributed by atoms with Crippen LogP contribution in [0.4, 0.5) is 22.0 Å². The van der Waals surface area contributed by atoms with E-state index in [9.17, 15) is 22.0 Å². The first-order valence-electron chi connectivity index (χ1n) is 6.02. The fraction of sp³-hybridized carbons (Fsp3) is 0.385. The van der Waals surface area contributed by atoms with E-state index in [0.29, 0.717) is 6.20 Å². The van der Waals surface area contributed by atoms with Crippen LogP contribution in [-0.4, -0.2) is 9.97 Å². The zero-order chi connectivity index (χ0) is 15.8. The normalized spacial score (nSPS) is 12.4. The van der Waals surface area contributed by atoms with Crippen LogP contribution in [-0.2, 0) is 6.18 Å². The smallest absolute Gasteiger partial charge is 0.417 e. The molecule has 0 saturated heterocycles. The summed E-state index contributed by atoms with van der Waals surface area (Å²) < 4.78 is 68.2. The summed E-state index contributed by atoms with van der Waals surface area (Å²) >= 11 is 0. The van der Waals surface area contributed by atoms with Gasteiger partial charge in [0.05, 0.1) is 5.56 Å². The largest absolute Gasteiger partial charge is 0.439 e. The highest BCUT2D eigenvalue weighted by molar-refractivity contribution is 5.48. The first-order valence-corrected chi connectivity index (χ1v) is 6.02. The summed E-state index contributed by atoms with van der Waals surface area (Å²) in [6.45, 7) is 3.30. The van der Waals surface area contributed by atoms with Crippen molar-refractivity contribution in [2.75, 3.05) is 0 Å². The van der Waals surface area contributed by atoms with E-state index >= 15 is 0 Å². The van der Waals surface area contributed by atoms with Crippen molar-refractivity contribution in [1.29, 1.82) is 0 Å². The third-order valence-electron chi connectivity index (χ3n) is 2.72. The zero-order valence-corrected chi connectivity index (χ0v) is 11.1. The van der Waals surface area contributed by atoms with E-state index in [-0.39, 0.29) is 23.3 Å². The molecule has 0 spiro atoms. The van der Waals surface area contributed by atoms with Gasteiger partial charge in [-0.1, -0.05) is 13.8 Å². The Bertz CT molecular complexity index is 591. The Morgan fingerprint density at radius 3 is 2.19 bits per heavy atom. The predicted molar refractivity (Wildman–Crippen MR) is 63.8 cm³/mol. The molecule has 2 aromatic heterocycles. The monoisotopic (exact) mass is 306 g/mol. The van der Waals surface area contributed by atoms with Crippen molar-refractivity contribution in [3.05, 3.63) is 35.3 Å². The summed E-state index contributed by atoms with van der Waals surface area (Å²) in [6, 6.07) is 1.83. The van der Waals surface area contributed by atoms with Crippen LogP contribution in [0.1, 0.15) is 43.2 Å². The minimum absolute atomic E-state index is 0.00157. The Balaban J connectivity index is 2.41. The molecule has 0 aliphatic rings. The molecule has 0 saturated carbocycles. The lowest BCUT2D eigenvalue weighted by molar-refractivity contribution is -0.137. The summed E-state index contributed by atoms with van der Waals surface area (Å²) in [5.41, 5.74) is -1.48. The van der Waals surface area contributed by atoms with Crippen LogP contribution >= 0.6 is 0 Å². The van der Waals surface area contributed by atoms with E-state index in [1.54, 1.807) is 13.8 Å². The van der Waals surface area contributed by atoms with Gasteiger partial charge >= 0.3 is 6.18 Å². The van der Waals surface area contributed by atoms with E-state index in [2.05, 4.69) is 9.97 Å².